The fourth-order valence-corrected chi connectivity index (χ4v) is 4.64. The molecule has 2 aromatic heterocycles. The second-order valence-corrected chi connectivity index (χ2v) is 8.39. The predicted octanol–water partition coefficient (Wildman–Crippen LogP) is 3.82. The third kappa shape index (κ3) is 4.29. The summed E-state index contributed by atoms with van der Waals surface area (Å²) in [7, 11) is 0. The first-order valence-corrected chi connectivity index (χ1v) is 10.1. The molecule has 2 amide bonds. The van der Waals surface area contributed by atoms with Gasteiger partial charge in [0.2, 0.25) is 5.91 Å². The van der Waals surface area contributed by atoms with Crippen LogP contribution in [0.2, 0.25) is 0 Å². The van der Waals surface area contributed by atoms with Gasteiger partial charge in [0.1, 0.15) is 4.32 Å². The van der Waals surface area contributed by atoms with E-state index < -0.39 is 0 Å². The van der Waals surface area contributed by atoms with E-state index in [0.717, 1.165) is 4.88 Å². The summed E-state index contributed by atoms with van der Waals surface area (Å²) in [5, 5.41) is 7.08. The van der Waals surface area contributed by atoms with Crippen LogP contribution in [0.1, 0.15) is 17.7 Å². The van der Waals surface area contributed by atoms with E-state index in [-0.39, 0.29) is 11.8 Å². The van der Waals surface area contributed by atoms with Crippen molar-refractivity contribution in [2.24, 2.45) is 0 Å². The molecule has 0 atom stereocenters. The lowest BCUT2D eigenvalue weighted by Gasteiger charge is -2.13. The number of carbonyl (C=O) groups excluding carboxylic acids is 2. The van der Waals surface area contributed by atoms with Crippen LogP contribution < -0.4 is 5.32 Å². The lowest BCUT2D eigenvalue weighted by molar-refractivity contribution is -0.122. The molecule has 2 aromatic rings. The summed E-state index contributed by atoms with van der Waals surface area (Å²) in [6, 6.07) is 3.90. The van der Waals surface area contributed by atoms with Gasteiger partial charge in [0.15, 0.2) is 5.13 Å². The minimum Gasteiger partial charge on any atom is -0.302 e. The molecular weight excluding hydrogens is 382 g/mol. The normalized spacial score (nSPS) is 16.2. The number of thiocarbonyl (C=S) groups is 1. The van der Waals surface area contributed by atoms with E-state index in [1.54, 1.807) is 27.8 Å². The van der Waals surface area contributed by atoms with Crippen molar-refractivity contribution >= 4 is 74.0 Å². The minimum absolute atomic E-state index is 0.0845. The Labute approximate surface area is 156 Å². The Bertz CT molecular complexity index is 769. The maximum Gasteiger partial charge on any atom is 0.266 e. The Kier molecular flexibility index (Phi) is 5.77. The first-order valence-electron chi connectivity index (χ1n) is 7.12. The monoisotopic (exact) mass is 395 g/mol. The number of thiazole rings is 1. The number of anilines is 1. The summed E-state index contributed by atoms with van der Waals surface area (Å²) < 4.78 is 0.545. The van der Waals surface area contributed by atoms with E-state index in [9.17, 15) is 9.59 Å². The Hall–Kier alpha value is -1.55. The molecule has 3 rings (SSSR count). The van der Waals surface area contributed by atoms with Crippen molar-refractivity contribution in [3.05, 3.63) is 38.9 Å². The first kappa shape index (κ1) is 17.3. The molecule has 0 saturated carbocycles. The molecule has 0 unspecified atom stereocenters. The molecule has 1 saturated heterocycles. The van der Waals surface area contributed by atoms with Crippen molar-refractivity contribution < 1.29 is 9.59 Å². The van der Waals surface area contributed by atoms with Crippen LogP contribution in [-0.4, -0.2) is 32.6 Å². The molecule has 0 radical (unpaired) electrons. The molecule has 1 aliphatic rings. The number of thioether (sulfide) groups is 1. The van der Waals surface area contributed by atoms with Crippen LogP contribution in [0.15, 0.2) is 34.0 Å². The average Bonchev–Trinajstić information content (AvgIpc) is 3.27. The fraction of sp³-hybridized carbons (Fsp3) is 0.200. The molecule has 0 bridgehead atoms. The number of nitrogens with zero attached hydrogens (tertiary/aromatic N) is 2. The van der Waals surface area contributed by atoms with Gasteiger partial charge in [-0.2, -0.15) is 0 Å². The molecule has 124 valence electrons. The molecule has 9 heteroatoms. The highest BCUT2D eigenvalue weighted by atomic mass is 32.2. The van der Waals surface area contributed by atoms with Gasteiger partial charge in [-0.15, -0.1) is 22.7 Å². The lowest BCUT2D eigenvalue weighted by Crippen LogP contribution is -2.29. The van der Waals surface area contributed by atoms with Crippen LogP contribution in [0, 0.1) is 0 Å². The van der Waals surface area contributed by atoms with Gasteiger partial charge in [0.05, 0.1) is 4.91 Å². The zero-order chi connectivity index (χ0) is 16.9. The highest BCUT2D eigenvalue weighted by Gasteiger charge is 2.31. The van der Waals surface area contributed by atoms with Gasteiger partial charge < -0.3 is 5.32 Å². The Morgan fingerprint density at radius 1 is 1.38 bits per heavy atom. The number of thiophene rings is 1. The van der Waals surface area contributed by atoms with Crippen molar-refractivity contribution in [1.29, 1.82) is 0 Å². The molecule has 1 aliphatic heterocycles. The minimum atomic E-state index is -0.107. The highest BCUT2D eigenvalue weighted by molar-refractivity contribution is 8.26. The van der Waals surface area contributed by atoms with Crippen LogP contribution in [0.3, 0.4) is 0 Å². The topological polar surface area (TPSA) is 62.3 Å². The van der Waals surface area contributed by atoms with E-state index in [2.05, 4.69) is 10.3 Å². The van der Waals surface area contributed by atoms with Crippen molar-refractivity contribution in [3.8, 4) is 0 Å². The van der Waals surface area contributed by atoms with Gasteiger partial charge in [0, 0.05) is 29.4 Å². The number of hydrogen-bond acceptors (Lipinski definition) is 7. The van der Waals surface area contributed by atoms with Gasteiger partial charge in [0.25, 0.3) is 5.91 Å². The van der Waals surface area contributed by atoms with Crippen molar-refractivity contribution in [2.45, 2.75) is 12.8 Å². The summed E-state index contributed by atoms with van der Waals surface area (Å²) in [6.07, 6.45) is 4.37. The van der Waals surface area contributed by atoms with Crippen molar-refractivity contribution in [2.75, 3.05) is 11.9 Å². The maximum atomic E-state index is 12.4. The van der Waals surface area contributed by atoms with E-state index in [4.69, 9.17) is 12.2 Å². The number of nitrogens with one attached hydrogen (secondary N) is 1. The van der Waals surface area contributed by atoms with Gasteiger partial charge in [-0.05, 0) is 23.9 Å². The summed E-state index contributed by atoms with van der Waals surface area (Å²) >= 11 is 9.54. The van der Waals surface area contributed by atoms with Gasteiger partial charge in [-0.3, -0.25) is 14.5 Å². The summed E-state index contributed by atoms with van der Waals surface area (Å²) in [5.74, 6) is -0.191. The number of hydrogen-bond donors (Lipinski definition) is 1. The average molecular weight is 396 g/mol. The Morgan fingerprint density at radius 2 is 2.25 bits per heavy atom. The standard InChI is InChI=1S/C15H13N3O2S4/c19-12(17-14-16-5-8-23-14)4-1-6-18-13(20)11(24-15(18)21)9-10-3-2-7-22-10/h2-3,5,7-9H,1,4,6H2,(H,16,17,19)/b11-9+. The number of rotatable bonds is 6. The molecule has 1 fully saturated rings. The largest absolute Gasteiger partial charge is 0.302 e. The first-order chi connectivity index (χ1) is 11.6. The SMILES string of the molecule is O=C(CCCN1C(=O)/C(=C\c2cccs2)SC1=S)Nc1nccs1. The zero-order valence-corrected chi connectivity index (χ0v) is 15.7. The van der Waals surface area contributed by atoms with Gasteiger partial charge in [-0.25, -0.2) is 4.98 Å². The maximum absolute atomic E-state index is 12.4. The molecule has 3 heterocycles. The number of aromatic nitrogens is 1. The van der Waals surface area contributed by atoms with Gasteiger partial charge in [-0.1, -0.05) is 30.0 Å². The second kappa shape index (κ2) is 8.02. The van der Waals surface area contributed by atoms with Crippen molar-refractivity contribution in [3.63, 3.8) is 0 Å². The van der Waals surface area contributed by atoms with Crippen molar-refractivity contribution in [1.82, 2.24) is 9.88 Å². The fourth-order valence-electron chi connectivity index (χ4n) is 2.06. The molecule has 5 nitrogen and oxygen atoms in total. The van der Waals surface area contributed by atoms with E-state index in [0.29, 0.717) is 33.7 Å². The third-order valence-corrected chi connectivity index (χ3v) is 6.04. The number of carbonyl (C=O) groups is 2. The summed E-state index contributed by atoms with van der Waals surface area (Å²) in [6.45, 7) is 0.442. The van der Waals surface area contributed by atoms with Crippen LogP contribution in [0.5, 0.6) is 0 Å². The van der Waals surface area contributed by atoms with Crippen LogP contribution in [-0.2, 0) is 9.59 Å². The molecule has 24 heavy (non-hydrogen) atoms. The predicted molar refractivity (Wildman–Crippen MR) is 104 cm³/mol. The van der Waals surface area contributed by atoms with E-state index in [1.807, 2.05) is 23.6 Å². The smallest absolute Gasteiger partial charge is 0.266 e. The van der Waals surface area contributed by atoms with E-state index in [1.165, 1.54) is 23.1 Å². The molecule has 0 spiro atoms. The molecular formula is C15H13N3O2S4. The van der Waals surface area contributed by atoms with E-state index >= 15 is 0 Å². The third-order valence-electron chi connectivity index (χ3n) is 3.15. The van der Waals surface area contributed by atoms with Crippen LogP contribution in [0.25, 0.3) is 6.08 Å². The highest BCUT2D eigenvalue weighted by Crippen LogP contribution is 2.33. The summed E-state index contributed by atoms with van der Waals surface area (Å²) in [4.78, 5) is 31.5. The molecule has 0 aliphatic carbocycles. The Balaban J connectivity index is 1.51. The second-order valence-electron chi connectivity index (χ2n) is 4.84. The molecule has 1 N–H and O–H groups in total. The van der Waals surface area contributed by atoms with Crippen LogP contribution >= 0.6 is 46.7 Å². The van der Waals surface area contributed by atoms with Crippen LogP contribution in [0.4, 0.5) is 5.13 Å². The quantitative estimate of drug-likeness (QED) is 0.595. The summed E-state index contributed by atoms with van der Waals surface area (Å²) in [5.41, 5.74) is 0. The lowest BCUT2D eigenvalue weighted by atomic mass is 10.2. The number of amides is 2. The molecule has 0 aromatic carbocycles. The van der Waals surface area contributed by atoms with Gasteiger partial charge >= 0.3 is 0 Å². The zero-order valence-electron chi connectivity index (χ0n) is 12.4. The Morgan fingerprint density at radius 3 is 2.96 bits per heavy atom.